The molecule has 2 N–H and O–H groups in total. The van der Waals surface area contributed by atoms with Crippen LogP contribution in [0.25, 0.3) is 0 Å². The van der Waals surface area contributed by atoms with Crippen molar-refractivity contribution in [1.82, 2.24) is 5.32 Å². The second-order valence-electron chi connectivity index (χ2n) is 4.16. The van der Waals surface area contributed by atoms with E-state index in [9.17, 15) is 9.59 Å². The van der Waals surface area contributed by atoms with Gasteiger partial charge in [0, 0.05) is 6.04 Å². The molecule has 98 valence electrons. The molecule has 4 nitrogen and oxygen atoms in total. The van der Waals surface area contributed by atoms with Gasteiger partial charge in [0.2, 0.25) is 0 Å². The number of carboxylic acid groups (broad SMARTS) is 1. The van der Waals surface area contributed by atoms with Crippen LogP contribution in [-0.2, 0) is 4.79 Å². The molecule has 1 aromatic rings. The molecule has 1 amide bonds. The minimum absolute atomic E-state index is 0.0915. The van der Waals surface area contributed by atoms with Gasteiger partial charge in [-0.25, -0.2) is 0 Å². The van der Waals surface area contributed by atoms with Gasteiger partial charge in [0.25, 0.3) is 5.91 Å². The minimum atomic E-state index is -0.933. The summed E-state index contributed by atoms with van der Waals surface area (Å²) in [6.07, 6.45) is 0.466. The molecule has 0 heterocycles. The summed E-state index contributed by atoms with van der Waals surface area (Å²) < 4.78 is 0. The van der Waals surface area contributed by atoms with Gasteiger partial charge in [-0.2, -0.15) is 0 Å². The zero-order chi connectivity index (χ0) is 13.7. The first-order valence-corrected chi connectivity index (χ1v) is 6.10. The van der Waals surface area contributed by atoms with Gasteiger partial charge in [-0.3, -0.25) is 9.59 Å². The Kier molecular flexibility index (Phi) is 5.16. The molecule has 0 aromatic heterocycles. The van der Waals surface area contributed by atoms with Gasteiger partial charge in [-0.15, -0.1) is 0 Å². The molecule has 5 heteroatoms. The second kappa shape index (κ2) is 6.40. The number of carbonyl (C=O) groups excluding carboxylic acids is 1. The fraction of sp³-hybridized carbons (Fsp3) is 0.385. The number of aliphatic carboxylic acids is 1. The van der Waals surface area contributed by atoms with Crippen molar-refractivity contribution in [3.8, 4) is 0 Å². The van der Waals surface area contributed by atoms with Crippen LogP contribution in [0.4, 0.5) is 0 Å². The molecule has 0 saturated heterocycles. The lowest BCUT2D eigenvalue weighted by Gasteiger charge is -2.15. The molecule has 0 saturated carbocycles. The molecule has 1 atom stereocenters. The fourth-order valence-corrected chi connectivity index (χ4v) is 1.90. The number of nitrogens with one attached hydrogen (secondary N) is 1. The summed E-state index contributed by atoms with van der Waals surface area (Å²) >= 11 is 5.98. The minimum Gasteiger partial charge on any atom is -0.481 e. The molecule has 1 rings (SSSR count). The van der Waals surface area contributed by atoms with Gasteiger partial charge in [0.15, 0.2) is 0 Å². The van der Waals surface area contributed by atoms with Crippen LogP contribution in [0.15, 0.2) is 18.2 Å². The first-order chi connectivity index (χ1) is 8.43. The molecular formula is C13H16ClNO3. The summed E-state index contributed by atoms with van der Waals surface area (Å²) in [5, 5.41) is 11.8. The number of benzene rings is 1. The van der Waals surface area contributed by atoms with Gasteiger partial charge < -0.3 is 10.4 Å². The van der Waals surface area contributed by atoms with E-state index in [-0.39, 0.29) is 18.4 Å². The van der Waals surface area contributed by atoms with Crippen molar-refractivity contribution in [2.75, 3.05) is 0 Å². The lowest BCUT2D eigenvalue weighted by molar-refractivity contribution is -0.137. The van der Waals surface area contributed by atoms with E-state index < -0.39 is 5.97 Å². The van der Waals surface area contributed by atoms with Gasteiger partial charge in [0.1, 0.15) is 0 Å². The van der Waals surface area contributed by atoms with E-state index in [2.05, 4.69) is 5.32 Å². The first-order valence-electron chi connectivity index (χ1n) is 5.72. The monoisotopic (exact) mass is 269 g/mol. The van der Waals surface area contributed by atoms with Crippen LogP contribution in [0, 0.1) is 6.92 Å². The second-order valence-corrected chi connectivity index (χ2v) is 4.57. The Balaban J connectivity index is 2.77. The van der Waals surface area contributed by atoms with Crippen molar-refractivity contribution >= 4 is 23.5 Å². The predicted molar refractivity (Wildman–Crippen MR) is 70.0 cm³/mol. The van der Waals surface area contributed by atoms with Crippen LogP contribution in [-0.4, -0.2) is 23.0 Å². The SMILES string of the molecule is CCC(CC(=O)O)NC(=O)c1ccc(C)cc1Cl. The smallest absolute Gasteiger partial charge is 0.305 e. The number of aryl methyl sites for hydroxylation is 1. The van der Waals surface area contributed by atoms with Crippen LogP contribution >= 0.6 is 11.6 Å². The van der Waals surface area contributed by atoms with Crippen molar-refractivity contribution in [2.24, 2.45) is 0 Å². The molecule has 0 aliphatic carbocycles. The molecule has 0 bridgehead atoms. The van der Waals surface area contributed by atoms with E-state index in [0.29, 0.717) is 17.0 Å². The Labute approximate surface area is 111 Å². The third-order valence-corrected chi connectivity index (χ3v) is 2.93. The number of carboxylic acids is 1. The van der Waals surface area contributed by atoms with E-state index >= 15 is 0 Å². The lowest BCUT2D eigenvalue weighted by atomic mass is 10.1. The molecular weight excluding hydrogens is 254 g/mol. The van der Waals surface area contributed by atoms with E-state index in [0.717, 1.165) is 5.56 Å². The number of rotatable bonds is 5. The van der Waals surface area contributed by atoms with E-state index in [1.54, 1.807) is 18.2 Å². The number of amides is 1. The highest BCUT2D eigenvalue weighted by atomic mass is 35.5. The van der Waals surface area contributed by atoms with Gasteiger partial charge in [-0.05, 0) is 31.0 Å². The zero-order valence-corrected chi connectivity index (χ0v) is 11.1. The topological polar surface area (TPSA) is 66.4 Å². The maximum atomic E-state index is 11.9. The molecule has 0 aliphatic heterocycles. The largest absolute Gasteiger partial charge is 0.481 e. The Morgan fingerprint density at radius 1 is 1.44 bits per heavy atom. The maximum absolute atomic E-state index is 11.9. The van der Waals surface area contributed by atoms with Crippen molar-refractivity contribution in [1.29, 1.82) is 0 Å². The van der Waals surface area contributed by atoms with Crippen molar-refractivity contribution in [2.45, 2.75) is 32.7 Å². The maximum Gasteiger partial charge on any atom is 0.305 e. The molecule has 0 spiro atoms. The molecule has 1 aromatic carbocycles. The fourth-order valence-electron chi connectivity index (χ4n) is 1.58. The molecule has 0 radical (unpaired) electrons. The molecule has 0 aliphatic rings. The Bertz CT molecular complexity index is 460. The summed E-state index contributed by atoms with van der Waals surface area (Å²) in [4.78, 5) is 22.6. The van der Waals surface area contributed by atoms with E-state index in [1.165, 1.54) is 0 Å². The lowest BCUT2D eigenvalue weighted by Crippen LogP contribution is -2.36. The van der Waals surface area contributed by atoms with Gasteiger partial charge in [0.05, 0.1) is 17.0 Å². The van der Waals surface area contributed by atoms with Crippen LogP contribution in [0.3, 0.4) is 0 Å². The van der Waals surface area contributed by atoms with Gasteiger partial charge in [-0.1, -0.05) is 24.6 Å². The number of hydrogen-bond donors (Lipinski definition) is 2. The average molecular weight is 270 g/mol. The highest BCUT2D eigenvalue weighted by Gasteiger charge is 2.16. The molecule has 18 heavy (non-hydrogen) atoms. The number of halogens is 1. The summed E-state index contributed by atoms with van der Waals surface area (Å²) in [5.74, 6) is -1.27. The highest BCUT2D eigenvalue weighted by molar-refractivity contribution is 6.33. The normalized spacial score (nSPS) is 11.9. The summed E-state index contributed by atoms with van der Waals surface area (Å²) in [6, 6.07) is 4.75. The predicted octanol–water partition coefficient (Wildman–Crippen LogP) is 2.63. The highest BCUT2D eigenvalue weighted by Crippen LogP contribution is 2.17. The molecule has 0 fully saturated rings. The Hall–Kier alpha value is -1.55. The summed E-state index contributed by atoms with van der Waals surface area (Å²) in [7, 11) is 0. The summed E-state index contributed by atoms with van der Waals surface area (Å²) in [5.41, 5.74) is 1.33. The van der Waals surface area contributed by atoms with Crippen molar-refractivity contribution in [3.05, 3.63) is 34.3 Å². The quantitative estimate of drug-likeness (QED) is 0.863. The number of carbonyl (C=O) groups is 2. The average Bonchev–Trinajstić information content (AvgIpc) is 2.27. The third kappa shape index (κ3) is 4.04. The standard InChI is InChI=1S/C13H16ClNO3/c1-3-9(7-12(16)17)15-13(18)10-5-4-8(2)6-11(10)14/h4-6,9H,3,7H2,1-2H3,(H,15,18)(H,16,17). The van der Waals surface area contributed by atoms with Crippen LogP contribution in [0.5, 0.6) is 0 Å². The van der Waals surface area contributed by atoms with E-state index in [1.807, 2.05) is 13.8 Å². The third-order valence-electron chi connectivity index (χ3n) is 2.62. The van der Waals surface area contributed by atoms with Crippen molar-refractivity contribution in [3.63, 3.8) is 0 Å². The van der Waals surface area contributed by atoms with Gasteiger partial charge >= 0.3 is 5.97 Å². The van der Waals surface area contributed by atoms with Crippen LogP contribution < -0.4 is 5.32 Å². The molecule has 1 unspecified atom stereocenters. The Morgan fingerprint density at radius 2 is 2.11 bits per heavy atom. The van der Waals surface area contributed by atoms with Crippen molar-refractivity contribution < 1.29 is 14.7 Å². The van der Waals surface area contributed by atoms with Crippen LogP contribution in [0.2, 0.25) is 5.02 Å². The summed E-state index contributed by atoms with van der Waals surface area (Å²) in [6.45, 7) is 3.71. The zero-order valence-electron chi connectivity index (χ0n) is 10.4. The van der Waals surface area contributed by atoms with Crippen LogP contribution in [0.1, 0.15) is 35.7 Å². The number of hydrogen-bond acceptors (Lipinski definition) is 2. The first kappa shape index (κ1) is 14.5. The Morgan fingerprint density at radius 3 is 2.61 bits per heavy atom. The van der Waals surface area contributed by atoms with E-state index in [4.69, 9.17) is 16.7 Å².